The molecule has 0 amide bonds. The van der Waals surface area contributed by atoms with Crippen molar-refractivity contribution in [2.45, 2.75) is 62.1 Å². The van der Waals surface area contributed by atoms with Crippen molar-refractivity contribution in [2.24, 2.45) is 0 Å². The first kappa shape index (κ1) is 24.5. The summed E-state index contributed by atoms with van der Waals surface area (Å²) in [5.74, 6) is 1.82. The van der Waals surface area contributed by atoms with Crippen LogP contribution in [0.4, 0.5) is 31.1 Å². The summed E-state index contributed by atoms with van der Waals surface area (Å²) in [7, 11) is 0.0328. The van der Waals surface area contributed by atoms with Crippen molar-refractivity contribution in [3.05, 3.63) is 24.3 Å². The second kappa shape index (κ2) is 8.76. The Kier molecular flexibility index (Phi) is 7.15. The van der Waals surface area contributed by atoms with E-state index < -0.39 is 36.3 Å². The molecule has 0 aromatic heterocycles. The summed E-state index contributed by atoms with van der Waals surface area (Å²) in [5, 5.41) is 0. The minimum absolute atomic E-state index is 0.0328. The Labute approximate surface area is 173 Å². The van der Waals surface area contributed by atoms with Crippen LogP contribution in [-0.2, 0) is 20.4 Å². The molecule has 4 nitrogen and oxygen atoms in total. The molecule has 0 N–H and O–H groups in total. The van der Waals surface area contributed by atoms with E-state index in [0.717, 1.165) is 29.2 Å². The number of carbonyl (C=O) groups is 1. The van der Waals surface area contributed by atoms with Crippen molar-refractivity contribution in [3.63, 3.8) is 0 Å². The third-order valence-electron chi connectivity index (χ3n) is 4.19. The topological polar surface area (TPSA) is 44.8 Å². The lowest BCUT2D eigenvalue weighted by Gasteiger charge is -2.36. The van der Waals surface area contributed by atoms with Gasteiger partial charge in [0.05, 0.1) is 0 Å². The first-order chi connectivity index (χ1) is 13.6. The van der Waals surface area contributed by atoms with E-state index in [2.05, 4.69) is 9.47 Å². The average Bonchev–Trinajstić information content (AvgIpc) is 3.09. The van der Waals surface area contributed by atoms with Crippen LogP contribution >= 0.6 is 0 Å². The van der Waals surface area contributed by atoms with Gasteiger partial charge in [-0.2, -0.15) is 26.3 Å². The molecule has 0 aliphatic carbocycles. The predicted molar refractivity (Wildman–Crippen MR) is 98.7 cm³/mol. The van der Waals surface area contributed by atoms with Gasteiger partial charge in [-0.15, -0.1) is 0 Å². The Bertz CT molecular complexity index is 705. The van der Waals surface area contributed by atoms with Crippen LogP contribution in [0.2, 0.25) is 0 Å². The summed E-state index contributed by atoms with van der Waals surface area (Å²) >= 11 is 0. The van der Waals surface area contributed by atoms with Gasteiger partial charge in [0, 0.05) is 10.9 Å². The van der Waals surface area contributed by atoms with E-state index in [1.807, 2.05) is 0 Å². The van der Waals surface area contributed by atoms with Crippen molar-refractivity contribution in [3.8, 4) is 5.75 Å². The number of hydrogen-bond acceptors (Lipinski definition) is 4. The molecule has 170 valence electrons. The zero-order chi connectivity index (χ0) is 22.8. The number of hydrogen-bond donors (Lipinski definition) is 0. The fourth-order valence-electron chi connectivity index (χ4n) is 2.69. The van der Waals surface area contributed by atoms with Gasteiger partial charge >= 0.3 is 24.1 Å². The number of rotatable bonds is 5. The molecule has 1 aliphatic rings. The fraction of sp³-hybridized carbons (Fsp3) is 0.632. The molecule has 0 radical (unpaired) electrons. The van der Waals surface area contributed by atoms with E-state index >= 15 is 0 Å². The van der Waals surface area contributed by atoms with Crippen LogP contribution in [0.1, 0.15) is 33.6 Å². The molecule has 0 bridgehead atoms. The Morgan fingerprint density at radius 3 is 1.83 bits per heavy atom. The maximum absolute atomic E-state index is 13.5. The van der Waals surface area contributed by atoms with Crippen molar-refractivity contribution in [1.82, 2.24) is 0 Å². The highest BCUT2D eigenvalue weighted by Crippen LogP contribution is 2.46. The van der Waals surface area contributed by atoms with Gasteiger partial charge in [-0.3, -0.25) is 0 Å². The molecular weight excluding hydrogens is 438 g/mol. The maximum Gasteiger partial charge on any atom is 0.510 e. The molecule has 30 heavy (non-hydrogen) atoms. The largest absolute Gasteiger partial charge is 0.510 e. The second-order valence-corrected chi connectivity index (χ2v) is 10.0. The molecule has 0 unspecified atom stereocenters. The second-order valence-electron chi connectivity index (χ2n) is 7.76. The Morgan fingerprint density at radius 2 is 1.40 bits per heavy atom. The number of halogens is 6. The smallest absolute Gasteiger partial charge is 0.489 e. The number of ether oxygens (including phenoxy) is 3. The molecule has 1 aromatic rings. The third-order valence-corrected chi connectivity index (χ3v) is 6.70. The van der Waals surface area contributed by atoms with Crippen molar-refractivity contribution >= 4 is 17.1 Å². The SMILES string of the molecule is CC(C)(C)OC(=O)OC(COc1ccc([S+]2CCCC2)cc1)(C(F)(F)F)C(F)(F)F. The standard InChI is InChI=1S/C19H23F6O4S/c1-16(2,3)28-15(26)29-17(18(20,21)22,19(23,24)25)12-27-13-6-8-14(9-7-13)30-10-4-5-11-30/h6-9H,4-5,10-12H2,1-3H3/q+1. The molecule has 1 fully saturated rings. The summed E-state index contributed by atoms with van der Waals surface area (Å²) in [4.78, 5) is 12.6. The van der Waals surface area contributed by atoms with E-state index in [0.29, 0.717) is 0 Å². The average molecular weight is 461 g/mol. The van der Waals surface area contributed by atoms with Gasteiger partial charge in [0.2, 0.25) is 0 Å². The lowest BCUT2D eigenvalue weighted by molar-refractivity contribution is -0.374. The van der Waals surface area contributed by atoms with E-state index in [4.69, 9.17) is 4.74 Å². The molecule has 1 aliphatic heterocycles. The highest BCUT2D eigenvalue weighted by molar-refractivity contribution is 7.97. The number of benzene rings is 1. The summed E-state index contributed by atoms with van der Waals surface area (Å²) in [6.07, 6.45) is -11.9. The molecule has 1 saturated heterocycles. The number of alkyl halides is 6. The van der Waals surface area contributed by atoms with Gasteiger partial charge in [-0.1, -0.05) is 0 Å². The highest BCUT2D eigenvalue weighted by atomic mass is 32.2. The van der Waals surface area contributed by atoms with Crippen LogP contribution in [0.3, 0.4) is 0 Å². The Hall–Kier alpha value is -1.78. The molecule has 0 saturated carbocycles. The summed E-state index contributed by atoms with van der Waals surface area (Å²) in [6, 6.07) is 5.87. The van der Waals surface area contributed by atoms with Crippen molar-refractivity contribution < 1.29 is 45.3 Å². The first-order valence-electron chi connectivity index (χ1n) is 9.10. The molecule has 1 aromatic carbocycles. The van der Waals surface area contributed by atoms with Crippen LogP contribution in [0.25, 0.3) is 0 Å². The van der Waals surface area contributed by atoms with Crippen LogP contribution in [-0.4, -0.2) is 47.8 Å². The quantitative estimate of drug-likeness (QED) is 0.323. The lowest BCUT2D eigenvalue weighted by atomic mass is 10.0. The summed E-state index contributed by atoms with van der Waals surface area (Å²) < 4.78 is 94.2. The fourth-order valence-corrected chi connectivity index (χ4v) is 4.99. The van der Waals surface area contributed by atoms with E-state index in [9.17, 15) is 31.1 Å². The zero-order valence-electron chi connectivity index (χ0n) is 16.7. The molecule has 2 rings (SSSR count). The van der Waals surface area contributed by atoms with Crippen LogP contribution in [0, 0.1) is 0 Å². The van der Waals surface area contributed by atoms with Gasteiger partial charge in [0.25, 0.3) is 0 Å². The van der Waals surface area contributed by atoms with E-state index in [-0.39, 0.29) is 16.6 Å². The lowest BCUT2D eigenvalue weighted by Crippen LogP contribution is -2.63. The predicted octanol–water partition coefficient (Wildman–Crippen LogP) is 5.65. The van der Waals surface area contributed by atoms with E-state index in [1.54, 1.807) is 12.1 Å². The Balaban J connectivity index is 2.23. The van der Waals surface area contributed by atoms with Crippen molar-refractivity contribution in [2.75, 3.05) is 18.1 Å². The molecule has 0 spiro atoms. The van der Waals surface area contributed by atoms with Crippen LogP contribution in [0.15, 0.2) is 29.2 Å². The monoisotopic (exact) mass is 461 g/mol. The zero-order valence-corrected chi connectivity index (χ0v) is 17.5. The molecule has 11 heteroatoms. The summed E-state index contributed by atoms with van der Waals surface area (Å²) in [6.45, 7) is 1.84. The van der Waals surface area contributed by atoms with Gasteiger partial charge < -0.3 is 14.2 Å². The molecule has 1 heterocycles. The molecular formula is C19H23F6O4S+. The highest BCUT2D eigenvalue weighted by Gasteiger charge is 2.75. The Morgan fingerprint density at radius 1 is 0.900 bits per heavy atom. The number of carbonyl (C=O) groups excluding carboxylic acids is 1. The first-order valence-corrected chi connectivity index (χ1v) is 10.7. The minimum atomic E-state index is -5.99. The van der Waals surface area contributed by atoms with Crippen LogP contribution in [0.5, 0.6) is 5.75 Å². The van der Waals surface area contributed by atoms with Gasteiger partial charge in [-0.25, -0.2) is 4.79 Å². The third kappa shape index (κ3) is 5.89. The van der Waals surface area contributed by atoms with Crippen molar-refractivity contribution in [1.29, 1.82) is 0 Å². The van der Waals surface area contributed by atoms with Gasteiger partial charge in [0.1, 0.15) is 29.5 Å². The minimum Gasteiger partial charge on any atom is -0.489 e. The van der Waals surface area contributed by atoms with Crippen LogP contribution < -0.4 is 4.74 Å². The summed E-state index contributed by atoms with van der Waals surface area (Å²) in [5.41, 5.74) is -6.23. The van der Waals surface area contributed by atoms with Gasteiger partial charge in [-0.05, 0) is 57.9 Å². The normalized spacial score (nSPS) is 16.4. The van der Waals surface area contributed by atoms with Gasteiger partial charge in [0.15, 0.2) is 4.90 Å². The molecule has 0 atom stereocenters. The maximum atomic E-state index is 13.5. The van der Waals surface area contributed by atoms with E-state index in [1.165, 1.54) is 32.9 Å².